The summed E-state index contributed by atoms with van der Waals surface area (Å²) in [6, 6.07) is 19.2. The summed E-state index contributed by atoms with van der Waals surface area (Å²) in [7, 11) is -4.55. The molecule has 320 valence electrons. The topological polar surface area (TPSA) is 175 Å². The first-order chi connectivity index (χ1) is 29.5. The number of hydrogen-bond donors (Lipinski definition) is 3. The zero-order valence-electron chi connectivity index (χ0n) is 33.8. The lowest BCUT2D eigenvalue weighted by Gasteiger charge is -2.47. The van der Waals surface area contributed by atoms with E-state index in [2.05, 4.69) is 68.8 Å². The lowest BCUT2D eigenvalue weighted by Crippen LogP contribution is -2.51. The van der Waals surface area contributed by atoms with Crippen LogP contribution in [0.15, 0.2) is 88.5 Å². The van der Waals surface area contributed by atoms with E-state index in [1.807, 2.05) is 6.07 Å². The van der Waals surface area contributed by atoms with E-state index in [1.54, 1.807) is 30.5 Å². The van der Waals surface area contributed by atoms with Crippen LogP contribution in [0.4, 0.5) is 17.1 Å². The van der Waals surface area contributed by atoms with E-state index in [9.17, 15) is 23.3 Å². The highest BCUT2D eigenvalue weighted by molar-refractivity contribution is 9.10. The molecule has 3 saturated heterocycles. The summed E-state index contributed by atoms with van der Waals surface area (Å²) in [6.45, 7) is 7.82. The van der Waals surface area contributed by atoms with Gasteiger partial charge in [0.1, 0.15) is 22.8 Å². The molecule has 1 spiro atoms. The fourth-order valence-electron chi connectivity index (χ4n) is 9.19. The molecule has 61 heavy (non-hydrogen) atoms. The van der Waals surface area contributed by atoms with E-state index in [0.717, 1.165) is 95.3 Å². The van der Waals surface area contributed by atoms with Crippen molar-refractivity contribution >= 4 is 60.0 Å². The molecular formula is C44H49BrN8O7S. The Morgan fingerprint density at radius 1 is 1.02 bits per heavy atom. The van der Waals surface area contributed by atoms with Crippen LogP contribution in [0.1, 0.15) is 59.6 Å². The number of H-pyrrole nitrogens is 1. The van der Waals surface area contributed by atoms with E-state index in [-0.39, 0.29) is 17.0 Å². The predicted molar refractivity (Wildman–Crippen MR) is 236 cm³/mol. The molecule has 5 aromatic rings. The molecule has 15 nitrogen and oxygen atoms in total. The Bertz CT molecular complexity index is 2550. The molecule has 0 radical (unpaired) electrons. The zero-order valence-corrected chi connectivity index (χ0v) is 36.2. The number of benzene rings is 3. The number of aromatic nitrogens is 2. The lowest BCUT2D eigenvalue weighted by atomic mass is 9.77. The van der Waals surface area contributed by atoms with Crippen molar-refractivity contribution in [2.75, 3.05) is 75.8 Å². The van der Waals surface area contributed by atoms with Crippen molar-refractivity contribution in [3.05, 3.63) is 110 Å². The van der Waals surface area contributed by atoms with Gasteiger partial charge in [-0.1, -0.05) is 34.5 Å². The molecule has 4 aliphatic rings. The first-order valence-electron chi connectivity index (χ1n) is 21.0. The molecule has 0 saturated carbocycles. The Balaban J connectivity index is 0.909. The quantitative estimate of drug-likeness (QED) is 0.0651. The van der Waals surface area contributed by atoms with Crippen LogP contribution in [-0.2, 0) is 21.2 Å². The maximum atomic E-state index is 13.9. The number of likely N-dealkylation sites (tertiary alicyclic amines) is 1. The number of amides is 1. The van der Waals surface area contributed by atoms with Gasteiger partial charge >= 0.3 is 0 Å². The smallest absolute Gasteiger partial charge is 0.293 e. The van der Waals surface area contributed by atoms with E-state index in [0.29, 0.717) is 35.9 Å². The lowest BCUT2D eigenvalue weighted by molar-refractivity contribution is -0.384. The normalized spacial score (nSPS) is 19.5. The molecule has 0 bridgehead atoms. The average Bonchev–Trinajstić information content (AvgIpc) is 3.61. The second-order valence-electron chi connectivity index (χ2n) is 16.6. The summed E-state index contributed by atoms with van der Waals surface area (Å²) in [5, 5.41) is 16.1. The van der Waals surface area contributed by atoms with Gasteiger partial charge in [-0.05, 0) is 98.8 Å². The second kappa shape index (κ2) is 17.4. The monoisotopic (exact) mass is 912 g/mol. The summed E-state index contributed by atoms with van der Waals surface area (Å²) in [5.74, 6) is -0.441. The van der Waals surface area contributed by atoms with Crippen LogP contribution >= 0.6 is 15.9 Å². The number of fused-ring (bicyclic) bond motifs is 2. The number of hydrogen-bond acceptors (Lipinski definition) is 12. The molecule has 3 N–H and O–H groups in total. The number of rotatable bonds is 12. The van der Waals surface area contributed by atoms with Gasteiger partial charge in [0.15, 0.2) is 0 Å². The third kappa shape index (κ3) is 8.84. The van der Waals surface area contributed by atoms with Gasteiger partial charge in [-0.3, -0.25) is 19.8 Å². The minimum absolute atomic E-state index is 0.0259. The Morgan fingerprint density at radius 3 is 2.61 bits per heavy atom. The van der Waals surface area contributed by atoms with Crippen molar-refractivity contribution in [2.45, 2.75) is 49.5 Å². The van der Waals surface area contributed by atoms with Crippen molar-refractivity contribution in [2.24, 2.45) is 5.41 Å². The summed E-state index contributed by atoms with van der Waals surface area (Å²) < 4.78 is 42.5. The molecule has 5 heterocycles. The van der Waals surface area contributed by atoms with Gasteiger partial charge in [-0.25, -0.2) is 18.1 Å². The van der Waals surface area contributed by atoms with Gasteiger partial charge in [0, 0.05) is 84.6 Å². The van der Waals surface area contributed by atoms with Gasteiger partial charge < -0.3 is 29.6 Å². The van der Waals surface area contributed by atoms with Crippen LogP contribution in [0.5, 0.6) is 11.5 Å². The number of piperidine rings is 1. The number of carbonyl (C=O) groups is 1. The van der Waals surface area contributed by atoms with Crippen LogP contribution in [0.25, 0.3) is 11.0 Å². The number of nitrogens with one attached hydrogen (secondary N) is 3. The zero-order chi connectivity index (χ0) is 42.1. The molecule has 3 aliphatic heterocycles. The number of anilines is 2. The SMILES string of the molecule is O=C(NS(=O)(=O)c1ccc(NCCN2CCC3(CC2)COC3)c([N+](=O)[O-])c1)c1ccc(N2CCN([C@@H]3CCCCc4c(Br)cccc43)CC2)cc1Oc1cnc2[nH]ccc2c1. The summed E-state index contributed by atoms with van der Waals surface area (Å²) >= 11 is 3.79. The third-order valence-corrected chi connectivity index (χ3v) is 14.9. The Hall–Kier alpha value is -5.07. The van der Waals surface area contributed by atoms with Crippen molar-refractivity contribution in [3.8, 4) is 11.5 Å². The number of piperazine rings is 1. The molecule has 0 unspecified atom stereocenters. The van der Waals surface area contributed by atoms with Crippen LogP contribution in [0.2, 0.25) is 0 Å². The maximum absolute atomic E-state index is 13.9. The van der Waals surface area contributed by atoms with Gasteiger partial charge in [-0.15, -0.1) is 0 Å². The number of nitrogens with zero attached hydrogens (tertiary/aromatic N) is 5. The molecule has 3 aromatic carbocycles. The number of pyridine rings is 1. The van der Waals surface area contributed by atoms with Crippen molar-refractivity contribution < 1.29 is 27.6 Å². The highest BCUT2D eigenvalue weighted by Crippen LogP contribution is 2.40. The molecule has 1 aliphatic carbocycles. The number of nitro benzene ring substituents is 1. The highest BCUT2D eigenvalue weighted by atomic mass is 79.9. The Labute approximate surface area is 363 Å². The van der Waals surface area contributed by atoms with Crippen LogP contribution in [-0.4, -0.2) is 105 Å². The second-order valence-corrected chi connectivity index (χ2v) is 19.1. The largest absolute Gasteiger partial charge is 0.455 e. The van der Waals surface area contributed by atoms with E-state index >= 15 is 0 Å². The van der Waals surface area contributed by atoms with E-state index in [1.165, 1.54) is 46.8 Å². The molecular weight excluding hydrogens is 865 g/mol. The fraction of sp³-hybridized carbons (Fsp3) is 0.409. The van der Waals surface area contributed by atoms with Gasteiger partial charge in [0.05, 0.1) is 34.8 Å². The fourth-order valence-corrected chi connectivity index (χ4v) is 10.8. The highest BCUT2D eigenvalue weighted by Gasteiger charge is 2.41. The van der Waals surface area contributed by atoms with Gasteiger partial charge in [0.25, 0.3) is 21.6 Å². The summed E-state index contributed by atoms with van der Waals surface area (Å²) in [4.78, 5) is 39.7. The number of aromatic amines is 1. The Morgan fingerprint density at radius 2 is 1.84 bits per heavy atom. The van der Waals surface area contributed by atoms with Crippen LogP contribution < -0.4 is 19.7 Å². The molecule has 9 rings (SSSR count). The third-order valence-electron chi connectivity index (χ3n) is 12.8. The number of nitro groups is 1. The van der Waals surface area contributed by atoms with Gasteiger partial charge in [0.2, 0.25) is 0 Å². The summed E-state index contributed by atoms with van der Waals surface area (Å²) in [6.07, 6.45) is 9.95. The standard InChI is InChI=1S/C44H49BrN8O7S/c45-37-6-3-5-35-34(37)4-1-2-7-39(35)52-22-20-51(21-23-52)31-8-10-36(41(25-31)60-32-24-30-12-15-47-42(30)48-27-32)43(54)49-61(57,58)33-9-11-38(40(26-33)53(55)56)46-16-19-50-17-13-44(14-18-50)28-59-29-44/h3,5-6,8-12,15,24-27,39,46H,1-2,4,7,13-14,16-23,28-29H2,(H,47,48)(H,49,54)/t39-/m1/s1. The molecule has 1 amide bonds. The summed E-state index contributed by atoms with van der Waals surface area (Å²) in [5.41, 5.74) is 4.37. The molecule has 2 aromatic heterocycles. The number of halogens is 1. The van der Waals surface area contributed by atoms with Crippen molar-refractivity contribution in [1.29, 1.82) is 0 Å². The first kappa shape index (κ1) is 41.3. The van der Waals surface area contributed by atoms with Crippen LogP contribution in [0.3, 0.4) is 0 Å². The Kier molecular flexibility index (Phi) is 11.8. The minimum atomic E-state index is -4.55. The maximum Gasteiger partial charge on any atom is 0.293 e. The minimum Gasteiger partial charge on any atom is -0.455 e. The van der Waals surface area contributed by atoms with Crippen molar-refractivity contribution in [1.82, 2.24) is 24.5 Å². The number of sulfonamides is 1. The molecule has 17 heteroatoms. The van der Waals surface area contributed by atoms with Gasteiger partial charge in [-0.2, -0.15) is 0 Å². The first-order valence-corrected chi connectivity index (χ1v) is 23.2. The van der Waals surface area contributed by atoms with E-state index in [4.69, 9.17) is 9.47 Å². The number of carbonyl (C=O) groups excluding carboxylic acids is 1. The predicted octanol–water partition coefficient (Wildman–Crippen LogP) is 7.26. The van der Waals surface area contributed by atoms with Crippen molar-refractivity contribution in [3.63, 3.8) is 0 Å². The van der Waals surface area contributed by atoms with Crippen LogP contribution in [0, 0.1) is 15.5 Å². The molecule has 3 fully saturated rings. The number of ether oxygens (including phenoxy) is 2. The average molecular weight is 914 g/mol. The van der Waals surface area contributed by atoms with E-state index < -0.39 is 31.4 Å². The molecule has 1 atom stereocenters.